The molecule has 2 aromatic rings. The molecule has 0 radical (unpaired) electrons. The van der Waals surface area contributed by atoms with Crippen LogP contribution in [-0.2, 0) is 28.5 Å². The van der Waals surface area contributed by atoms with Gasteiger partial charge in [-0.25, -0.2) is 9.59 Å². The number of carbonyl (C=O) groups is 2. The summed E-state index contributed by atoms with van der Waals surface area (Å²) in [6.45, 7) is 0. The van der Waals surface area contributed by atoms with Crippen LogP contribution in [-0.4, -0.2) is 50.2 Å². The Bertz CT molecular complexity index is 994. The zero-order chi connectivity index (χ0) is 25.4. The van der Waals surface area contributed by atoms with Gasteiger partial charge in [0, 0.05) is 40.6 Å². The lowest BCUT2D eigenvalue weighted by Gasteiger charge is -2.15. The number of carbonyl (C=O) groups excluding carboxylic acids is 2. The minimum atomic E-state index is -1.46. The summed E-state index contributed by atoms with van der Waals surface area (Å²) in [5.41, 5.74) is -0.835. The first-order chi connectivity index (χ1) is 16.2. The lowest BCUT2D eigenvalue weighted by molar-refractivity contribution is -0.387. The minimum absolute atomic E-state index is 0.0566. The molecular formula is C20H20N2O12. The minimum Gasteiger partial charge on any atom is -0.418 e. The molecule has 0 bridgehead atoms. The molecule has 0 heterocycles. The number of hydrogen-bond acceptors (Lipinski definition) is 12. The summed E-state index contributed by atoms with van der Waals surface area (Å²) in [6, 6.07) is 6.50. The van der Waals surface area contributed by atoms with E-state index >= 15 is 0 Å². The topological polar surface area (TPSA) is 176 Å². The molecule has 0 aliphatic carbocycles. The predicted octanol–water partition coefficient (Wildman–Crippen LogP) is 2.60. The van der Waals surface area contributed by atoms with Crippen molar-refractivity contribution in [2.75, 3.05) is 28.4 Å². The van der Waals surface area contributed by atoms with E-state index in [1.807, 2.05) is 0 Å². The Labute approximate surface area is 192 Å². The third-order valence-electron chi connectivity index (χ3n) is 4.34. The van der Waals surface area contributed by atoms with Gasteiger partial charge >= 0.3 is 11.9 Å². The van der Waals surface area contributed by atoms with E-state index in [-0.39, 0.29) is 34.0 Å². The smallest absolute Gasteiger partial charge is 0.418 e. The van der Waals surface area contributed by atoms with Gasteiger partial charge in [-0.05, 0) is 24.3 Å². The maximum absolute atomic E-state index is 12.2. The van der Waals surface area contributed by atoms with Crippen LogP contribution in [0.4, 0.5) is 11.4 Å². The summed E-state index contributed by atoms with van der Waals surface area (Å²) >= 11 is 0. The Balaban J connectivity index is 2.25. The van der Waals surface area contributed by atoms with Crippen molar-refractivity contribution in [2.45, 2.75) is 12.6 Å². The third-order valence-corrected chi connectivity index (χ3v) is 4.34. The number of hydrogen-bond donors (Lipinski definition) is 0. The number of nitrogens with zero attached hydrogens (tertiary/aromatic N) is 2. The number of esters is 2. The largest absolute Gasteiger partial charge is 0.423 e. The predicted molar refractivity (Wildman–Crippen MR) is 111 cm³/mol. The standard InChI is InChI=1S/C20H20N2O12/c1-29-19(30-2)13-9-11(5-7-15(13)21(25)26)33-17(23)18(24)34-12-6-8-16(22(27)28)14(10-12)20(31-3)32-4/h5-10,19-20H,1-4H3. The summed E-state index contributed by atoms with van der Waals surface area (Å²) in [5, 5.41) is 22.5. The molecule has 0 aliphatic rings. The van der Waals surface area contributed by atoms with Gasteiger partial charge in [-0.15, -0.1) is 0 Å². The number of methoxy groups -OCH3 is 4. The summed E-state index contributed by atoms with van der Waals surface area (Å²) in [5.74, 6) is -3.35. The van der Waals surface area contributed by atoms with Crippen LogP contribution in [0.25, 0.3) is 0 Å². The van der Waals surface area contributed by atoms with Crippen molar-refractivity contribution in [3.63, 3.8) is 0 Å². The van der Waals surface area contributed by atoms with E-state index < -0.39 is 34.4 Å². The van der Waals surface area contributed by atoms with E-state index in [0.717, 1.165) is 36.4 Å². The van der Waals surface area contributed by atoms with E-state index in [4.69, 9.17) is 28.4 Å². The molecule has 0 amide bonds. The molecule has 14 nitrogen and oxygen atoms in total. The summed E-state index contributed by atoms with van der Waals surface area (Å²) in [4.78, 5) is 45.5. The Morgan fingerprint density at radius 1 is 0.676 bits per heavy atom. The highest BCUT2D eigenvalue weighted by molar-refractivity contribution is 6.31. The Hall–Kier alpha value is -3.98. The number of benzene rings is 2. The molecule has 14 heteroatoms. The fraction of sp³-hybridized carbons (Fsp3) is 0.300. The number of rotatable bonds is 10. The third kappa shape index (κ3) is 6.08. The number of ether oxygens (including phenoxy) is 6. The highest BCUT2D eigenvalue weighted by Crippen LogP contribution is 2.33. The van der Waals surface area contributed by atoms with Crippen LogP contribution in [0.1, 0.15) is 23.7 Å². The molecule has 0 spiro atoms. The van der Waals surface area contributed by atoms with Crippen molar-refractivity contribution in [3.8, 4) is 11.5 Å². The van der Waals surface area contributed by atoms with Gasteiger partial charge in [0.25, 0.3) is 11.4 Å². The number of nitro benzene ring substituents is 2. The molecule has 0 aromatic heterocycles. The van der Waals surface area contributed by atoms with Crippen LogP contribution in [0.3, 0.4) is 0 Å². The average molecular weight is 480 g/mol. The highest BCUT2D eigenvalue weighted by Gasteiger charge is 2.27. The molecule has 0 aliphatic heterocycles. The van der Waals surface area contributed by atoms with Crippen molar-refractivity contribution < 1.29 is 47.9 Å². The second kappa shape index (κ2) is 11.8. The second-order valence-electron chi connectivity index (χ2n) is 6.34. The molecule has 0 fully saturated rings. The van der Waals surface area contributed by atoms with Crippen molar-refractivity contribution >= 4 is 23.3 Å². The quantitative estimate of drug-likeness (QED) is 0.121. The van der Waals surface area contributed by atoms with Gasteiger partial charge in [-0.2, -0.15) is 0 Å². The van der Waals surface area contributed by atoms with Crippen molar-refractivity contribution in [2.24, 2.45) is 0 Å². The van der Waals surface area contributed by atoms with E-state index in [2.05, 4.69) is 0 Å². The van der Waals surface area contributed by atoms with E-state index in [1.165, 1.54) is 28.4 Å². The molecule has 0 saturated carbocycles. The fourth-order valence-corrected chi connectivity index (χ4v) is 2.90. The fourth-order valence-electron chi connectivity index (χ4n) is 2.90. The van der Waals surface area contributed by atoms with Crippen LogP contribution in [0.2, 0.25) is 0 Å². The molecule has 0 saturated heterocycles. The van der Waals surface area contributed by atoms with Gasteiger partial charge in [-0.3, -0.25) is 20.2 Å². The second-order valence-corrected chi connectivity index (χ2v) is 6.34. The lowest BCUT2D eigenvalue weighted by atomic mass is 10.1. The average Bonchev–Trinajstić information content (AvgIpc) is 2.80. The first-order valence-electron chi connectivity index (χ1n) is 9.28. The van der Waals surface area contributed by atoms with E-state index in [0.29, 0.717) is 0 Å². The van der Waals surface area contributed by atoms with Crippen molar-refractivity contribution in [1.82, 2.24) is 0 Å². The van der Waals surface area contributed by atoms with Gasteiger partial charge in [-0.1, -0.05) is 0 Å². The maximum atomic E-state index is 12.2. The first-order valence-corrected chi connectivity index (χ1v) is 9.28. The van der Waals surface area contributed by atoms with Crippen LogP contribution in [0, 0.1) is 20.2 Å². The monoisotopic (exact) mass is 480 g/mol. The maximum Gasteiger partial charge on any atom is 0.423 e. The molecule has 182 valence electrons. The van der Waals surface area contributed by atoms with E-state index in [1.54, 1.807) is 0 Å². The molecule has 2 rings (SSSR count). The van der Waals surface area contributed by atoms with Crippen LogP contribution in [0.15, 0.2) is 36.4 Å². The SMILES string of the molecule is COC(OC)c1cc(OC(=O)C(=O)Oc2ccc([N+](=O)[O-])c(C(OC)OC)c2)ccc1[N+](=O)[O-]. The Morgan fingerprint density at radius 3 is 1.26 bits per heavy atom. The van der Waals surface area contributed by atoms with Gasteiger partial charge in [0.2, 0.25) is 0 Å². The highest BCUT2D eigenvalue weighted by atomic mass is 16.7. The van der Waals surface area contributed by atoms with Gasteiger partial charge < -0.3 is 28.4 Å². The van der Waals surface area contributed by atoms with Gasteiger partial charge in [0.05, 0.1) is 21.0 Å². The molecule has 0 unspecified atom stereocenters. The summed E-state index contributed by atoms with van der Waals surface area (Å²) in [6.07, 6.45) is -2.28. The zero-order valence-corrected chi connectivity index (χ0v) is 18.4. The molecule has 34 heavy (non-hydrogen) atoms. The normalized spacial score (nSPS) is 10.9. The van der Waals surface area contributed by atoms with Crippen molar-refractivity contribution in [1.29, 1.82) is 0 Å². The lowest BCUT2D eigenvalue weighted by Crippen LogP contribution is -2.25. The van der Waals surface area contributed by atoms with Gasteiger partial charge in [0.15, 0.2) is 12.6 Å². The molecule has 2 aromatic carbocycles. The molecule has 0 N–H and O–H groups in total. The first kappa shape index (κ1) is 26.3. The number of nitro groups is 2. The summed E-state index contributed by atoms with van der Waals surface area (Å²) < 4.78 is 29.9. The van der Waals surface area contributed by atoms with Crippen LogP contribution >= 0.6 is 0 Å². The van der Waals surface area contributed by atoms with E-state index in [9.17, 15) is 29.8 Å². The molecular weight excluding hydrogens is 460 g/mol. The molecule has 0 atom stereocenters. The van der Waals surface area contributed by atoms with Crippen LogP contribution < -0.4 is 9.47 Å². The van der Waals surface area contributed by atoms with Gasteiger partial charge in [0.1, 0.15) is 11.5 Å². The van der Waals surface area contributed by atoms with Crippen molar-refractivity contribution in [3.05, 3.63) is 67.8 Å². The van der Waals surface area contributed by atoms with Crippen LogP contribution in [0.5, 0.6) is 11.5 Å². The Kier molecular flexibility index (Phi) is 9.09. The Morgan fingerprint density at radius 2 is 1.00 bits per heavy atom. The summed E-state index contributed by atoms with van der Waals surface area (Å²) in [7, 11) is 5.02. The zero-order valence-electron chi connectivity index (χ0n) is 18.4.